The summed E-state index contributed by atoms with van der Waals surface area (Å²) < 4.78 is 1.75. The molecule has 0 amide bonds. The predicted octanol–water partition coefficient (Wildman–Crippen LogP) is 4.06. The van der Waals surface area contributed by atoms with Gasteiger partial charge in [-0.25, -0.2) is 4.98 Å². The molecule has 3 nitrogen and oxygen atoms in total. The number of nitrogens with one attached hydrogen (secondary N) is 1. The Morgan fingerprint density at radius 3 is 2.79 bits per heavy atom. The molecule has 19 heavy (non-hydrogen) atoms. The van der Waals surface area contributed by atoms with Crippen molar-refractivity contribution >= 4 is 38.5 Å². The van der Waals surface area contributed by atoms with Crippen molar-refractivity contribution in [1.29, 1.82) is 0 Å². The first-order chi connectivity index (χ1) is 9.02. The van der Waals surface area contributed by atoms with Gasteiger partial charge in [0.15, 0.2) is 0 Å². The summed E-state index contributed by atoms with van der Waals surface area (Å²) in [5, 5.41) is 0. The summed E-state index contributed by atoms with van der Waals surface area (Å²) in [5.41, 5.74) is 2.87. The number of rotatable bonds is 3. The van der Waals surface area contributed by atoms with E-state index in [1.54, 1.807) is 0 Å². The molecule has 0 fully saturated rings. The van der Waals surface area contributed by atoms with Crippen LogP contribution in [0.2, 0.25) is 0 Å². The summed E-state index contributed by atoms with van der Waals surface area (Å²) in [5.74, 6) is 0.643. The lowest BCUT2D eigenvalue weighted by molar-refractivity contribution is 0.860. The summed E-state index contributed by atoms with van der Waals surface area (Å²) in [6.45, 7) is 4.10. The van der Waals surface area contributed by atoms with E-state index in [1.165, 1.54) is 0 Å². The summed E-state index contributed by atoms with van der Waals surface area (Å²) in [4.78, 5) is 19.4. The smallest absolute Gasteiger partial charge is 0.264 e. The van der Waals surface area contributed by atoms with E-state index in [4.69, 9.17) is 0 Å². The average Bonchev–Trinajstić information content (AvgIpc) is 2.38. The van der Waals surface area contributed by atoms with Crippen LogP contribution < -0.4 is 5.56 Å². The standard InChI is InChI=1S/C14H14BrIN2O/c1-3-4-11-12(16)14(19)18-13(17-11)9-5-6-10(15)8(2)7-9/h5-7H,3-4H2,1-2H3,(H,17,18,19). The molecule has 1 N–H and O–H groups in total. The summed E-state index contributed by atoms with van der Waals surface area (Å²) in [7, 11) is 0. The summed E-state index contributed by atoms with van der Waals surface area (Å²) in [6.07, 6.45) is 1.80. The highest BCUT2D eigenvalue weighted by Crippen LogP contribution is 2.23. The predicted molar refractivity (Wildman–Crippen MR) is 89.4 cm³/mol. The number of nitrogens with zero attached hydrogens (tertiary/aromatic N) is 1. The van der Waals surface area contributed by atoms with Gasteiger partial charge in [-0.1, -0.05) is 35.3 Å². The van der Waals surface area contributed by atoms with Crippen molar-refractivity contribution in [1.82, 2.24) is 9.97 Å². The molecule has 0 aliphatic rings. The number of aromatic nitrogens is 2. The molecule has 1 aromatic heterocycles. The molecule has 0 saturated heterocycles. The maximum atomic E-state index is 11.9. The van der Waals surface area contributed by atoms with Gasteiger partial charge in [-0.05, 0) is 53.6 Å². The molecule has 100 valence electrons. The second kappa shape index (κ2) is 6.17. The van der Waals surface area contributed by atoms with Crippen LogP contribution in [0.4, 0.5) is 0 Å². The van der Waals surface area contributed by atoms with E-state index in [1.807, 2.05) is 25.1 Å². The minimum atomic E-state index is -0.0605. The fourth-order valence-electron chi connectivity index (χ4n) is 1.84. The minimum Gasteiger partial charge on any atom is -0.306 e. The van der Waals surface area contributed by atoms with Crippen molar-refractivity contribution in [3.63, 3.8) is 0 Å². The lowest BCUT2D eigenvalue weighted by atomic mass is 10.1. The number of aryl methyl sites for hydroxylation is 2. The van der Waals surface area contributed by atoms with Crippen molar-refractivity contribution in [3.8, 4) is 11.4 Å². The Bertz CT molecular complexity index is 667. The number of H-pyrrole nitrogens is 1. The zero-order valence-electron chi connectivity index (χ0n) is 10.8. The second-order valence-electron chi connectivity index (χ2n) is 4.39. The Balaban J connectivity index is 2.56. The van der Waals surface area contributed by atoms with Gasteiger partial charge in [0, 0.05) is 10.0 Å². The largest absolute Gasteiger partial charge is 0.306 e. The quantitative estimate of drug-likeness (QED) is 0.743. The van der Waals surface area contributed by atoms with Crippen molar-refractivity contribution in [3.05, 3.63) is 47.9 Å². The fourth-order valence-corrected chi connectivity index (χ4v) is 2.61. The number of hydrogen-bond donors (Lipinski definition) is 1. The first-order valence-corrected chi connectivity index (χ1v) is 7.95. The van der Waals surface area contributed by atoms with E-state index >= 15 is 0 Å². The topological polar surface area (TPSA) is 45.8 Å². The molecular weight excluding hydrogens is 419 g/mol. The van der Waals surface area contributed by atoms with Gasteiger partial charge < -0.3 is 4.98 Å². The van der Waals surface area contributed by atoms with Gasteiger partial charge in [0.2, 0.25) is 0 Å². The molecule has 0 saturated carbocycles. The third-order valence-electron chi connectivity index (χ3n) is 2.85. The Labute approximate surface area is 134 Å². The first-order valence-electron chi connectivity index (χ1n) is 6.08. The summed E-state index contributed by atoms with van der Waals surface area (Å²) >= 11 is 5.54. The first kappa shape index (κ1) is 14.7. The van der Waals surface area contributed by atoms with E-state index < -0.39 is 0 Å². The maximum absolute atomic E-state index is 11.9. The highest BCUT2D eigenvalue weighted by atomic mass is 127. The Kier molecular flexibility index (Phi) is 4.78. The number of aromatic amines is 1. The molecular formula is C14H14BrIN2O. The van der Waals surface area contributed by atoms with Crippen LogP contribution in [-0.2, 0) is 6.42 Å². The van der Waals surface area contributed by atoms with Gasteiger partial charge in [0.25, 0.3) is 5.56 Å². The SMILES string of the molecule is CCCc1nc(-c2ccc(Br)c(C)c2)[nH]c(=O)c1I. The van der Waals surface area contributed by atoms with E-state index in [9.17, 15) is 4.79 Å². The Hall–Kier alpha value is -0.690. The van der Waals surface area contributed by atoms with Crippen LogP contribution >= 0.6 is 38.5 Å². The minimum absolute atomic E-state index is 0.0605. The molecule has 0 aliphatic carbocycles. The third-order valence-corrected chi connectivity index (χ3v) is 4.85. The van der Waals surface area contributed by atoms with Gasteiger partial charge in [0.1, 0.15) is 5.82 Å². The molecule has 2 aromatic rings. The molecule has 0 spiro atoms. The molecule has 2 rings (SSSR count). The van der Waals surface area contributed by atoms with Crippen molar-refractivity contribution in [2.45, 2.75) is 26.7 Å². The Morgan fingerprint density at radius 1 is 1.42 bits per heavy atom. The van der Waals surface area contributed by atoms with Crippen molar-refractivity contribution in [2.24, 2.45) is 0 Å². The van der Waals surface area contributed by atoms with E-state index in [2.05, 4.69) is 55.4 Å². The molecule has 1 heterocycles. The molecule has 0 unspecified atom stereocenters. The van der Waals surface area contributed by atoms with Gasteiger partial charge in [-0.3, -0.25) is 4.79 Å². The van der Waals surface area contributed by atoms with E-state index in [0.717, 1.165) is 34.1 Å². The van der Waals surface area contributed by atoms with Crippen LogP contribution in [0.25, 0.3) is 11.4 Å². The molecule has 0 radical (unpaired) electrons. The van der Waals surface area contributed by atoms with Crippen LogP contribution in [0, 0.1) is 10.5 Å². The molecule has 0 aliphatic heterocycles. The van der Waals surface area contributed by atoms with Gasteiger partial charge in [-0.15, -0.1) is 0 Å². The highest BCUT2D eigenvalue weighted by Gasteiger charge is 2.10. The number of halogens is 2. The van der Waals surface area contributed by atoms with Crippen LogP contribution in [0.1, 0.15) is 24.6 Å². The fraction of sp³-hybridized carbons (Fsp3) is 0.286. The normalized spacial score (nSPS) is 10.7. The lowest BCUT2D eigenvalue weighted by Crippen LogP contribution is -2.16. The molecule has 0 bridgehead atoms. The maximum Gasteiger partial charge on any atom is 0.264 e. The van der Waals surface area contributed by atoms with Crippen LogP contribution in [0.15, 0.2) is 27.5 Å². The van der Waals surface area contributed by atoms with Crippen molar-refractivity contribution < 1.29 is 0 Å². The highest BCUT2D eigenvalue weighted by molar-refractivity contribution is 14.1. The molecule has 0 atom stereocenters. The zero-order chi connectivity index (χ0) is 14.0. The summed E-state index contributed by atoms with van der Waals surface area (Å²) in [6, 6.07) is 5.95. The number of benzene rings is 1. The number of hydrogen-bond acceptors (Lipinski definition) is 2. The zero-order valence-corrected chi connectivity index (χ0v) is 14.5. The van der Waals surface area contributed by atoms with Crippen LogP contribution in [0.3, 0.4) is 0 Å². The Morgan fingerprint density at radius 2 is 2.16 bits per heavy atom. The van der Waals surface area contributed by atoms with Gasteiger partial charge >= 0.3 is 0 Å². The second-order valence-corrected chi connectivity index (χ2v) is 6.32. The van der Waals surface area contributed by atoms with Crippen LogP contribution in [-0.4, -0.2) is 9.97 Å². The third kappa shape index (κ3) is 3.25. The monoisotopic (exact) mass is 432 g/mol. The van der Waals surface area contributed by atoms with Gasteiger partial charge in [-0.2, -0.15) is 0 Å². The van der Waals surface area contributed by atoms with Crippen molar-refractivity contribution in [2.75, 3.05) is 0 Å². The molecule has 1 aromatic carbocycles. The van der Waals surface area contributed by atoms with Crippen LogP contribution in [0.5, 0.6) is 0 Å². The molecule has 5 heteroatoms. The van der Waals surface area contributed by atoms with Gasteiger partial charge in [0.05, 0.1) is 9.26 Å². The van der Waals surface area contributed by atoms with E-state index in [-0.39, 0.29) is 5.56 Å². The average molecular weight is 433 g/mol. The lowest BCUT2D eigenvalue weighted by Gasteiger charge is -2.07. The van der Waals surface area contributed by atoms with E-state index in [0.29, 0.717) is 9.39 Å².